The van der Waals surface area contributed by atoms with Crippen molar-refractivity contribution in [3.63, 3.8) is 0 Å². The van der Waals surface area contributed by atoms with Crippen LogP contribution >= 0.6 is 12.6 Å². The molecule has 122 valence electrons. The number of hydrogen-bond acceptors (Lipinski definition) is 5. The molecule has 0 aromatic heterocycles. The summed E-state index contributed by atoms with van der Waals surface area (Å²) in [6, 6.07) is 9.93. The minimum Gasteiger partial charge on any atom is -0.410 e. The third-order valence-corrected chi connectivity index (χ3v) is 5.01. The van der Waals surface area contributed by atoms with Crippen molar-refractivity contribution in [2.24, 2.45) is 5.16 Å². The zero-order valence-electron chi connectivity index (χ0n) is 13.2. The van der Waals surface area contributed by atoms with Crippen molar-refractivity contribution in [3.05, 3.63) is 47.0 Å². The first-order chi connectivity index (χ1) is 11.6. The molecular weight excluding hydrogens is 322 g/mol. The largest absolute Gasteiger partial charge is 0.410 e. The number of benzene rings is 2. The molecule has 2 N–H and O–H groups in total. The van der Waals surface area contributed by atoms with E-state index in [9.17, 15) is 10.0 Å². The van der Waals surface area contributed by atoms with Crippen LogP contribution in [0.25, 0.3) is 11.1 Å². The summed E-state index contributed by atoms with van der Waals surface area (Å²) in [5.41, 5.74) is 6.05. The second-order valence-electron chi connectivity index (χ2n) is 6.24. The molecule has 5 nitrogen and oxygen atoms in total. The standard InChI is InChI=1S/C18H17N3O2S/c1-21-7-6-12-13(10-2-4-11(24)5-3-10)8-14-16(15(12)9-21)19-18(22)17(14)20-23/h2-5,8,23-24H,6-7,9H2,1H3,(H,19,20,22). The molecule has 2 heterocycles. The van der Waals surface area contributed by atoms with E-state index in [1.165, 1.54) is 5.56 Å². The quantitative estimate of drug-likeness (QED) is 0.425. The van der Waals surface area contributed by atoms with Gasteiger partial charge in [0.1, 0.15) is 0 Å². The Bertz CT molecular complexity index is 875. The van der Waals surface area contributed by atoms with E-state index < -0.39 is 0 Å². The van der Waals surface area contributed by atoms with Crippen molar-refractivity contribution in [2.75, 3.05) is 18.9 Å². The topological polar surface area (TPSA) is 64.9 Å². The molecule has 0 aliphatic carbocycles. The second-order valence-corrected chi connectivity index (χ2v) is 6.76. The zero-order chi connectivity index (χ0) is 16.8. The minimum atomic E-state index is -0.356. The Morgan fingerprint density at radius 3 is 2.67 bits per heavy atom. The van der Waals surface area contributed by atoms with Crippen molar-refractivity contribution in [3.8, 4) is 11.1 Å². The van der Waals surface area contributed by atoms with Crippen LogP contribution in [0.2, 0.25) is 0 Å². The van der Waals surface area contributed by atoms with Crippen LogP contribution in [0, 0.1) is 0 Å². The van der Waals surface area contributed by atoms with Gasteiger partial charge in [-0.2, -0.15) is 0 Å². The first-order valence-corrected chi connectivity index (χ1v) is 8.23. The first kappa shape index (κ1) is 15.2. The maximum atomic E-state index is 12.1. The van der Waals surface area contributed by atoms with E-state index in [-0.39, 0.29) is 11.6 Å². The number of amides is 1. The van der Waals surface area contributed by atoms with Crippen molar-refractivity contribution < 1.29 is 10.0 Å². The summed E-state index contributed by atoms with van der Waals surface area (Å²) >= 11 is 4.35. The Hall–Kier alpha value is -2.31. The van der Waals surface area contributed by atoms with Gasteiger partial charge in [0.25, 0.3) is 5.91 Å². The highest BCUT2D eigenvalue weighted by molar-refractivity contribution is 7.80. The number of thiol groups is 1. The Kier molecular flexibility index (Phi) is 3.58. The average molecular weight is 339 g/mol. The van der Waals surface area contributed by atoms with Gasteiger partial charge in [0, 0.05) is 23.5 Å². The molecule has 2 aliphatic rings. The van der Waals surface area contributed by atoms with Crippen LogP contribution in [-0.4, -0.2) is 35.3 Å². The van der Waals surface area contributed by atoms with Gasteiger partial charge >= 0.3 is 0 Å². The smallest absolute Gasteiger partial charge is 0.278 e. The molecule has 0 saturated carbocycles. The number of fused-ring (bicyclic) bond motifs is 3. The molecule has 2 aliphatic heterocycles. The Morgan fingerprint density at radius 1 is 1.21 bits per heavy atom. The zero-order valence-corrected chi connectivity index (χ0v) is 14.1. The number of anilines is 1. The summed E-state index contributed by atoms with van der Waals surface area (Å²) in [6.45, 7) is 1.73. The molecular formula is C18H17N3O2S. The van der Waals surface area contributed by atoms with Crippen LogP contribution < -0.4 is 5.32 Å². The van der Waals surface area contributed by atoms with E-state index in [1.54, 1.807) is 0 Å². The SMILES string of the molecule is CN1CCc2c(-c3ccc(S)cc3)cc3c(c2C1)NC(=O)/C3=N/O. The van der Waals surface area contributed by atoms with E-state index in [0.717, 1.165) is 46.8 Å². The molecule has 1 amide bonds. The molecule has 2 aromatic carbocycles. The Labute approximate surface area is 145 Å². The maximum Gasteiger partial charge on any atom is 0.278 e. The molecule has 0 bridgehead atoms. The highest BCUT2D eigenvalue weighted by atomic mass is 32.1. The first-order valence-electron chi connectivity index (χ1n) is 7.79. The van der Waals surface area contributed by atoms with Gasteiger partial charge in [-0.25, -0.2) is 0 Å². The van der Waals surface area contributed by atoms with Crippen LogP contribution in [-0.2, 0) is 17.8 Å². The van der Waals surface area contributed by atoms with Crippen LogP contribution in [0.3, 0.4) is 0 Å². The van der Waals surface area contributed by atoms with Crippen molar-refractivity contribution in [1.82, 2.24) is 4.90 Å². The van der Waals surface area contributed by atoms with Crippen molar-refractivity contribution in [2.45, 2.75) is 17.9 Å². The lowest BCUT2D eigenvalue weighted by atomic mass is 9.87. The lowest BCUT2D eigenvalue weighted by Gasteiger charge is -2.29. The highest BCUT2D eigenvalue weighted by Crippen LogP contribution is 2.40. The van der Waals surface area contributed by atoms with Crippen LogP contribution in [0.4, 0.5) is 5.69 Å². The van der Waals surface area contributed by atoms with Gasteiger partial charge in [-0.15, -0.1) is 12.6 Å². The number of hydrogen-bond donors (Lipinski definition) is 3. The van der Waals surface area contributed by atoms with Crippen LogP contribution in [0.15, 0.2) is 40.4 Å². The second kappa shape index (κ2) is 5.65. The molecule has 0 atom stereocenters. The number of nitrogens with one attached hydrogen (secondary N) is 1. The summed E-state index contributed by atoms with van der Waals surface area (Å²) in [5, 5.41) is 15.3. The van der Waals surface area contributed by atoms with Gasteiger partial charge < -0.3 is 15.4 Å². The average Bonchev–Trinajstić information content (AvgIpc) is 2.90. The molecule has 0 fully saturated rings. The Morgan fingerprint density at radius 2 is 1.96 bits per heavy atom. The third kappa shape index (κ3) is 2.30. The minimum absolute atomic E-state index is 0.0769. The van der Waals surface area contributed by atoms with E-state index in [1.807, 2.05) is 30.3 Å². The summed E-state index contributed by atoms with van der Waals surface area (Å²) in [6.07, 6.45) is 0.915. The monoisotopic (exact) mass is 339 g/mol. The molecule has 4 rings (SSSR count). The number of rotatable bonds is 1. The molecule has 0 radical (unpaired) electrons. The van der Waals surface area contributed by atoms with Crippen molar-refractivity contribution >= 4 is 29.9 Å². The van der Waals surface area contributed by atoms with Gasteiger partial charge in [0.2, 0.25) is 0 Å². The van der Waals surface area contributed by atoms with Crippen LogP contribution in [0.5, 0.6) is 0 Å². The third-order valence-electron chi connectivity index (χ3n) is 4.71. The summed E-state index contributed by atoms with van der Waals surface area (Å²) in [5.74, 6) is -0.356. The molecule has 0 unspecified atom stereocenters. The predicted molar refractivity (Wildman–Crippen MR) is 96.1 cm³/mol. The maximum absolute atomic E-state index is 12.1. The van der Waals surface area contributed by atoms with Gasteiger partial charge in [-0.1, -0.05) is 17.3 Å². The lowest BCUT2D eigenvalue weighted by molar-refractivity contribution is -0.110. The highest BCUT2D eigenvalue weighted by Gasteiger charge is 2.33. The number of carbonyl (C=O) groups is 1. The number of likely N-dealkylation sites (N-methyl/N-ethyl adjacent to an activating group) is 1. The molecule has 6 heteroatoms. The van der Waals surface area contributed by atoms with Gasteiger partial charge in [0.15, 0.2) is 5.71 Å². The van der Waals surface area contributed by atoms with E-state index >= 15 is 0 Å². The summed E-state index contributed by atoms with van der Waals surface area (Å²) in [7, 11) is 2.06. The van der Waals surface area contributed by atoms with E-state index in [2.05, 4.69) is 35.0 Å². The Balaban J connectivity index is 1.98. The molecule has 0 saturated heterocycles. The van der Waals surface area contributed by atoms with E-state index in [4.69, 9.17) is 0 Å². The fourth-order valence-corrected chi connectivity index (χ4v) is 3.66. The van der Waals surface area contributed by atoms with Gasteiger partial charge in [0.05, 0.1) is 5.69 Å². The predicted octanol–water partition coefficient (Wildman–Crippen LogP) is 2.76. The molecule has 0 spiro atoms. The van der Waals surface area contributed by atoms with Gasteiger partial charge in [-0.05, 0) is 53.9 Å². The van der Waals surface area contributed by atoms with E-state index in [0.29, 0.717) is 5.56 Å². The number of nitrogens with zero attached hydrogens (tertiary/aromatic N) is 2. The summed E-state index contributed by atoms with van der Waals surface area (Å²) in [4.78, 5) is 15.2. The lowest BCUT2D eigenvalue weighted by Crippen LogP contribution is -2.27. The fourth-order valence-electron chi connectivity index (χ4n) is 3.51. The van der Waals surface area contributed by atoms with Crippen molar-refractivity contribution in [1.29, 1.82) is 0 Å². The number of carbonyl (C=O) groups excluding carboxylic acids is 1. The molecule has 24 heavy (non-hydrogen) atoms. The van der Waals surface area contributed by atoms with Crippen LogP contribution in [0.1, 0.15) is 16.7 Å². The normalized spacial score (nSPS) is 18.4. The van der Waals surface area contributed by atoms with Gasteiger partial charge in [-0.3, -0.25) is 4.79 Å². The number of oxime groups is 1. The fraction of sp³-hybridized carbons (Fsp3) is 0.222. The molecule has 2 aromatic rings. The summed E-state index contributed by atoms with van der Waals surface area (Å²) < 4.78 is 0.